The van der Waals surface area contributed by atoms with Crippen molar-refractivity contribution in [2.45, 2.75) is 64.4 Å². The highest BCUT2D eigenvalue weighted by molar-refractivity contribution is 6.30. The zero-order valence-corrected chi connectivity index (χ0v) is 12.1. The van der Waals surface area contributed by atoms with E-state index < -0.39 is 0 Å². The lowest BCUT2D eigenvalue weighted by molar-refractivity contribution is 0.161. The maximum Gasteiger partial charge on any atom is 0.0580 e. The van der Waals surface area contributed by atoms with E-state index in [1.165, 1.54) is 32.1 Å². The van der Waals surface area contributed by atoms with Gasteiger partial charge < -0.3 is 5.11 Å². The molecule has 0 aliphatic carbocycles. The molecule has 0 aromatic heterocycles. The summed E-state index contributed by atoms with van der Waals surface area (Å²) in [5, 5.41) is 10.7. The molecule has 1 atom stereocenters. The van der Waals surface area contributed by atoms with Crippen LogP contribution in [0, 0.1) is 0 Å². The molecule has 0 saturated carbocycles. The lowest BCUT2D eigenvalue weighted by Gasteiger charge is -2.10. The van der Waals surface area contributed by atoms with Gasteiger partial charge in [-0.2, -0.15) is 0 Å². The van der Waals surface area contributed by atoms with E-state index in [-0.39, 0.29) is 6.10 Å². The molecule has 1 aromatic carbocycles. The molecule has 1 unspecified atom stereocenters. The van der Waals surface area contributed by atoms with Gasteiger partial charge in [-0.3, -0.25) is 0 Å². The Morgan fingerprint density at radius 1 is 1.00 bits per heavy atom. The fraction of sp³-hybridized carbons (Fsp3) is 0.625. The van der Waals surface area contributed by atoms with Crippen LogP contribution >= 0.6 is 11.6 Å². The zero-order chi connectivity index (χ0) is 13.2. The predicted molar refractivity (Wildman–Crippen MR) is 79.2 cm³/mol. The third kappa shape index (κ3) is 7.03. The average molecular weight is 269 g/mol. The molecule has 1 N–H and O–H groups in total. The van der Waals surface area contributed by atoms with Gasteiger partial charge in [0.15, 0.2) is 0 Å². The Morgan fingerprint density at radius 3 is 2.28 bits per heavy atom. The monoisotopic (exact) mass is 268 g/mol. The topological polar surface area (TPSA) is 20.2 Å². The minimum Gasteiger partial charge on any atom is -0.393 e. The van der Waals surface area contributed by atoms with Crippen LogP contribution in [0.5, 0.6) is 0 Å². The summed E-state index contributed by atoms with van der Waals surface area (Å²) in [4.78, 5) is 0. The number of halogens is 1. The maximum absolute atomic E-state index is 9.94. The molecule has 0 aliphatic heterocycles. The average Bonchev–Trinajstić information content (AvgIpc) is 2.36. The van der Waals surface area contributed by atoms with E-state index in [9.17, 15) is 5.11 Å². The molecular formula is C16H25ClO. The van der Waals surface area contributed by atoms with Crippen molar-refractivity contribution >= 4 is 11.6 Å². The first-order valence-corrected chi connectivity index (χ1v) is 7.52. The van der Waals surface area contributed by atoms with Crippen LogP contribution in [-0.2, 0) is 6.42 Å². The van der Waals surface area contributed by atoms with Crippen molar-refractivity contribution in [3.63, 3.8) is 0 Å². The van der Waals surface area contributed by atoms with Crippen molar-refractivity contribution in [3.8, 4) is 0 Å². The first-order valence-electron chi connectivity index (χ1n) is 7.15. The van der Waals surface area contributed by atoms with Crippen LogP contribution in [0.25, 0.3) is 0 Å². The van der Waals surface area contributed by atoms with Gasteiger partial charge >= 0.3 is 0 Å². The van der Waals surface area contributed by atoms with Gasteiger partial charge in [0.05, 0.1) is 6.10 Å². The lowest BCUT2D eigenvalue weighted by Crippen LogP contribution is -2.10. The van der Waals surface area contributed by atoms with E-state index in [4.69, 9.17) is 11.6 Å². The SMILES string of the molecule is CCCCCCCCC(O)Cc1ccc(Cl)cc1. The summed E-state index contributed by atoms with van der Waals surface area (Å²) in [5.74, 6) is 0. The van der Waals surface area contributed by atoms with E-state index in [1.54, 1.807) is 0 Å². The molecule has 0 spiro atoms. The molecule has 0 bridgehead atoms. The summed E-state index contributed by atoms with van der Waals surface area (Å²) in [5.41, 5.74) is 1.16. The van der Waals surface area contributed by atoms with Crippen LogP contribution in [0.4, 0.5) is 0 Å². The highest BCUT2D eigenvalue weighted by Gasteiger charge is 2.05. The molecule has 0 aliphatic rings. The molecular weight excluding hydrogens is 244 g/mol. The van der Waals surface area contributed by atoms with Gasteiger partial charge in [-0.1, -0.05) is 69.2 Å². The molecule has 0 heterocycles. The zero-order valence-electron chi connectivity index (χ0n) is 11.4. The number of aliphatic hydroxyl groups excluding tert-OH is 1. The number of benzene rings is 1. The second-order valence-corrected chi connectivity index (χ2v) is 5.48. The molecule has 2 heteroatoms. The van der Waals surface area contributed by atoms with Gasteiger partial charge in [-0.05, 0) is 30.5 Å². The van der Waals surface area contributed by atoms with Gasteiger partial charge in [-0.15, -0.1) is 0 Å². The van der Waals surface area contributed by atoms with Crippen molar-refractivity contribution in [3.05, 3.63) is 34.9 Å². The Balaban J connectivity index is 2.10. The van der Waals surface area contributed by atoms with Crippen LogP contribution < -0.4 is 0 Å². The standard InChI is InChI=1S/C16H25ClO/c1-2-3-4-5-6-7-8-16(18)13-14-9-11-15(17)12-10-14/h9-12,16,18H,2-8,13H2,1H3. The Hall–Kier alpha value is -0.530. The molecule has 18 heavy (non-hydrogen) atoms. The Kier molecular flexibility index (Phi) is 8.11. The number of rotatable bonds is 9. The van der Waals surface area contributed by atoms with Gasteiger partial charge in [0.25, 0.3) is 0 Å². The fourth-order valence-electron chi connectivity index (χ4n) is 2.15. The summed E-state index contributed by atoms with van der Waals surface area (Å²) >= 11 is 5.83. The van der Waals surface area contributed by atoms with Gasteiger partial charge in [0.2, 0.25) is 0 Å². The summed E-state index contributed by atoms with van der Waals surface area (Å²) in [6.07, 6.45) is 9.10. The van der Waals surface area contributed by atoms with Crippen LogP contribution in [0.15, 0.2) is 24.3 Å². The third-order valence-corrected chi connectivity index (χ3v) is 3.53. The fourth-order valence-corrected chi connectivity index (χ4v) is 2.28. The second kappa shape index (κ2) is 9.41. The largest absolute Gasteiger partial charge is 0.393 e. The third-order valence-electron chi connectivity index (χ3n) is 3.28. The number of aliphatic hydroxyl groups is 1. The molecule has 1 aromatic rings. The number of hydrogen-bond donors (Lipinski definition) is 1. The smallest absolute Gasteiger partial charge is 0.0580 e. The van der Waals surface area contributed by atoms with Crippen molar-refractivity contribution in [1.29, 1.82) is 0 Å². The van der Waals surface area contributed by atoms with Crippen LogP contribution in [0.1, 0.15) is 57.4 Å². The molecule has 1 rings (SSSR count). The lowest BCUT2D eigenvalue weighted by atomic mass is 10.0. The first kappa shape index (κ1) is 15.5. The van der Waals surface area contributed by atoms with E-state index in [0.29, 0.717) is 0 Å². The highest BCUT2D eigenvalue weighted by Crippen LogP contribution is 2.14. The minimum atomic E-state index is -0.211. The summed E-state index contributed by atoms with van der Waals surface area (Å²) < 4.78 is 0. The van der Waals surface area contributed by atoms with E-state index in [2.05, 4.69) is 6.92 Å². The summed E-state index contributed by atoms with van der Waals surface area (Å²) in [7, 11) is 0. The Labute approximate surface area is 116 Å². The Morgan fingerprint density at radius 2 is 1.61 bits per heavy atom. The van der Waals surface area contributed by atoms with Crippen molar-refractivity contribution in [2.24, 2.45) is 0 Å². The maximum atomic E-state index is 9.94. The number of unbranched alkanes of at least 4 members (excludes halogenated alkanes) is 5. The summed E-state index contributed by atoms with van der Waals surface area (Å²) in [6.45, 7) is 2.23. The molecule has 0 amide bonds. The molecule has 1 nitrogen and oxygen atoms in total. The van der Waals surface area contributed by atoms with E-state index in [0.717, 1.165) is 29.8 Å². The quantitative estimate of drug-likeness (QED) is 0.625. The van der Waals surface area contributed by atoms with Crippen molar-refractivity contribution < 1.29 is 5.11 Å². The van der Waals surface area contributed by atoms with Crippen LogP contribution in [-0.4, -0.2) is 11.2 Å². The van der Waals surface area contributed by atoms with E-state index in [1.807, 2.05) is 24.3 Å². The van der Waals surface area contributed by atoms with Gasteiger partial charge in [0, 0.05) is 5.02 Å². The second-order valence-electron chi connectivity index (χ2n) is 5.04. The van der Waals surface area contributed by atoms with Crippen LogP contribution in [0.2, 0.25) is 5.02 Å². The van der Waals surface area contributed by atoms with Crippen LogP contribution in [0.3, 0.4) is 0 Å². The van der Waals surface area contributed by atoms with Crippen molar-refractivity contribution in [1.82, 2.24) is 0 Å². The highest BCUT2D eigenvalue weighted by atomic mass is 35.5. The van der Waals surface area contributed by atoms with Crippen molar-refractivity contribution in [2.75, 3.05) is 0 Å². The summed E-state index contributed by atoms with van der Waals surface area (Å²) in [6, 6.07) is 7.75. The first-order chi connectivity index (χ1) is 8.72. The molecule has 0 fully saturated rings. The predicted octanol–water partition coefficient (Wildman–Crippen LogP) is 4.99. The number of hydrogen-bond acceptors (Lipinski definition) is 1. The Bertz CT molecular complexity index is 307. The van der Waals surface area contributed by atoms with E-state index >= 15 is 0 Å². The molecule has 0 radical (unpaired) electrons. The normalized spacial score (nSPS) is 12.6. The molecule has 102 valence electrons. The van der Waals surface area contributed by atoms with Gasteiger partial charge in [0.1, 0.15) is 0 Å². The molecule has 0 saturated heterocycles. The minimum absolute atomic E-state index is 0.211. The van der Waals surface area contributed by atoms with Gasteiger partial charge in [-0.25, -0.2) is 0 Å².